The molecule has 17 heavy (non-hydrogen) atoms. The lowest BCUT2D eigenvalue weighted by atomic mass is 10.0. The van der Waals surface area contributed by atoms with Crippen molar-refractivity contribution < 1.29 is 4.42 Å². The van der Waals surface area contributed by atoms with Gasteiger partial charge in [-0.05, 0) is 53.9 Å². The first-order valence-corrected chi connectivity index (χ1v) is 6.42. The zero-order valence-corrected chi connectivity index (χ0v) is 11.6. The highest BCUT2D eigenvalue weighted by molar-refractivity contribution is 9.10. The number of rotatable bonds is 3. The summed E-state index contributed by atoms with van der Waals surface area (Å²) in [6, 6.07) is 10.2. The number of halogens is 1. The third-order valence-corrected chi connectivity index (χ3v) is 3.12. The van der Waals surface area contributed by atoms with Crippen molar-refractivity contribution in [1.29, 1.82) is 0 Å². The summed E-state index contributed by atoms with van der Waals surface area (Å²) in [6.07, 6.45) is 0.794. The van der Waals surface area contributed by atoms with Gasteiger partial charge in [-0.15, -0.1) is 0 Å². The fourth-order valence-electron chi connectivity index (χ4n) is 2.07. The standard InChI is InChI=1S/C14H16BrNO/c1-9-5-10(2)7-11(6-9)8-12(16)13-3-4-14(15)17-13/h3-7,12H,8,16H2,1-2H3. The third-order valence-electron chi connectivity index (χ3n) is 2.70. The maximum absolute atomic E-state index is 6.13. The topological polar surface area (TPSA) is 39.2 Å². The smallest absolute Gasteiger partial charge is 0.169 e. The van der Waals surface area contributed by atoms with E-state index in [2.05, 4.69) is 48.0 Å². The van der Waals surface area contributed by atoms with Crippen molar-refractivity contribution >= 4 is 15.9 Å². The van der Waals surface area contributed by atoms with Crippen molar-refractivity contribution in [2.45, 2.75) is 26.3 Å². The second kappa shape index (κ2) is 5.07. The van der Waals surface area contributed by atoms with E-state index in [1.54, 1.807) is 0 Å². The second-order valence-corrected chi connectivity index (χ2v) is 5.23. The summed E-state index contributed by atoms with van der Waals surface area (Å²) in [7, 11) is 0. The molecule has 1 unspecified atom stereocenters. The average molecular weight is 294 g/mol. The lowest BCUT2D eigenvalue weighted by Crippen LogP contribution is -2.12. The van der Waals surface area contributed by atoms with Crippen molar-refractivity contribution in [3.05, 3.63) is 57.5 Å². The Morgan fingerprint density at radius 2 is 1.82 bits per heavy atom. The van der Waals surface area contributed by atoms with Crippen molar-refractivity contribution in [3.8, 4) is 0 Å². The number of benzene rings is 1. The highest BCUT2D eigenvalue weighted by Crippen LogP contribution is 2.22. The molecule has 1 atom stereocenters. The summed E-state index contributed by atoms with van der Waals surface area (Å²) < 4.78 is 6.19. The van der Waals surface area contributed by atoms with E-state index in [0.29, 0.717) is 0 Å². The number of aryl methyl sites for hydroxylation is 2. The predicted molar refractivity (Wildman–Crippen MR) is 73.0 cm³/mol. The normalized spacial score (nSPS) is 12.7. The molecule has 0 fully saturated rings. The molecule has 2 aromatic rings. The first-order chi connectivity index (χ1) is 8.04. The Kier molecular flexibility index (Phi) is 3.69. The fraction of sp³-hybridized carbons (Fsp3) is 0.286. The lowest BCUT2D eigenvalue weighted by Gasteiger charge is -2.10. The zero-order valence-electron chi connectivity index (χ0n) is 10.0. The molecule has 1 aromatic carbocycles. The van der Waals surface area contributed by atoms with Gasteiger partial charge in [-0.2, -0.15) is 0 Å². The predicted octanol–water partition coefficient (Wildman–Crippen LogP) is 3.90. The first-order valence-electron chi connectivity index (χ1n) is 5.62. The van der Waals surface area contributed by atoms with E-state index < -0.39 is 0 Å². The van der Waals surface area contributed by atoms with E-state index in [4.69, 9.17) is 10.2 Å². The molecule has 2 rings (SSSR count). The molecule has 0 radical (unpaired) electrons. The molecule has 0 amide bonds. The molecule has 1 aromatic heterocycles. The van der Waals surface area contributed by atoms with Crippen LogP contribution in [-0.4, -0.2) is 0 Å². The van der Waals surface area contributed by atoms with Crippen LogP contribution in [0.15, 0.2) is 39.4 Å². The average Bonchev–Trinajstić information content (AvgIpc) is 2.63. The molecule has 0 aliphatic rings. The highest BCUT2D eigenvalue weighted by Gasteiger charge is 2.11. The van der Waals surface area contributed by atoms with E-state index >= 15 is 0 Å². The Balaban J connectivity index is 2.15. The van der Waals surface area contributed by atoms with Gasteiger partial charge < -0.3 is 10.2 Å². The summed E-state index contributed by atoms with van der Waals surface area (Å²) in [5, 5.41) is 0. The Morgan fingerprint density at radius 1 is 1.18 bits per heavy atom. The number of furan rings is 1. The third kappa shape index (κ3) is 3.20. The molecule has 0 bridgehead atoms. The molecule has 2 N–H and O–H groups in total. The molecule has 3 heteroatoms. The Labute approximate surface area is 110 Å². The summed E-state index contributed by atoms with van der Waals surface area (Å²) in [5.74, 6) is 0.816. The zero-order chi connectivity index (χ0) is 12.4. The first kappa shape index (κ1) is 12.4. The number of nitrogens with two attached hydrogens (primary N) is 1. The molecule has 0 spiro atoms. The van der Waals surface area contributed by atoms with E-state index in [1.165, 1.54) is 16.7 Å². The van der Waals surface area contributed by atoms with E-state index in [1.807, 2.05) is 12.1 Å². The van der Waals surface area contributed by atoms with Crippen LogP contribution < -0.4 is 5.73 Å². The minimum atomic E-state index is -0.0949. The largest absolute Gasteiger partial charge is 0.453 e. The van der Waals surface area contributed by atoms with Crippen LogP contribution in [-0.2, 0) is 6.42 Å². The molecule has 2 nitrogen and oxygen atoms in total. The molecule has 90 valence electrons. The molecular formula is C14H16BrNO. The molecule has 0 saturated heterocycles. The van der Waals surface area contributed by atoms with Crippen LogP contribution in [0.3, 0.4) is 0 Å². The van der Waals surface area contributed by atoms with Crippen molar-refractivity contribution in [3.63, 3.8) is 0 Å². The van der Waals surface area contributed by atoms with E-state index in [-0.39, 0.29) is 6.04 Å². The monoisotopic (exact) mass is 293 g/mol. The second-order valence-electron chi connectivity index (χ2n) is 4.45. The van der Waals surface area contributed by atoms with Gasteiger partial charge in [0.25, 0.3) is 0 Å². The van der Waals surface area contributed by atoms with Crippen LogP contribution in [0.25, 0.3) is 0 Å². The quantitative estimate of drug-likeness (QED) is 0.932. The van der Waals surface area contributed by atoms with Gasteiger partial charge in [0.2, 0.25) is 0 Å². The van der Waals surface area contributed by atoms with Crippen molar-refractivity contribution in [1.82, 2.24) is 0 Å². The lowest BCUT2D eigenvalue weighted by molar-refractivity contribution is 0.448. The van der Waals surface area contributed by atoms with Crippen LogP contribution >= 0.6 is 15.9 Å². The molecule has 0 saturated carbocycles. The maximum atomic E-state index is 6.13. The summed E-state index contributed by atoms with van der Waals surface area (Å²) in [6.45, 7) is 4.21. The molecule has 0 aliphatic carbocycles. The van der Waals surface area contributed by atoms with Crippen LogP contribution in [0.4, 0.5) is 0 Å². The molecule has 0 aliphatic heterocycles. The van der Waals surface area contributed by atoms with Gasteiger partial charge in [0, 0.05) is 0 Å². The van der Waals surface area contributed by atoms with E-state index in [0.717, 1.165) is 16.9 Å². The van der Waals surface area contributed by atoms with Crippen LogP contribution in [0.1, 0.15) is 28.5 Å². The number of hydrogen-bond donors (Lipinski definition) is 1. The summed E-state index contributed by atoms with van der Waals surface area (Å²) in [4.78, 5) is 0. The van der Waals surface area contributed by atoms with Crippen LogP contribution in [0.2, 0.25) is 0 Å². The molecular weight excluding hydrogens is 278 g/mol. The van der Waals surface area contributed by atoms with Crippen molar-refractivity contribution in [2.24, 2.45) is 5.73 Å². The van der Waals surface area contributed by atoms with Gasteiger partial charge in [0.15, 0.2) is 4.67 Å². The van der Waals surface area contributed by atoms with Gasteiger partial charge in [-0.3, -0.25) is 0 Å². The van der Waals surface area contributed by atoms with Gasteiger partial charge in [0.05, 0.1) is 6.04 Å². The van der Waals surface area contributed by atoms with Crippen molar-refractivity contribution in [2.75, 3.05) is 0 Å². The van der Waals surface area contributed by atoms with Gasteiger partial charge in [0.1, 0.15) is 5.76 Å². The van der Waals surface area contributed by atoms with Crippen LogP contribution in [0.5, 0.6) is 0 Å². The number of hydrogen-bond acceptors (Lipinski definition) is 2. The Hall–Kier alpha value is -1.06. The van der Waals surface area contributed by atoms with Crippen LogP contribution in [0, 0.1) is 13.8 Å². The Morgan fingerprint density at radius 3 is 2.35 bits per heavy atom. The highest BCUT2D eigenvalue weighted by atomic mass is 79.9. The maximum Gasteiger partial charge on any atom is 0.169 e. The van der Waals surface area contributed by atoms with E-state index in [9.17, 15) is 0 Å². The summed E-state index contributed by atoms with van der Waals surface area (Å²) in [5.41, 5.74) is 9.92. The van der Waals surface area contributed by atoms with Gasteiger partial charge in [-0.25, -0.2) is 0 Å². The minimum absolute atomic E-state index is 0.0949. The van der Waals surface area contributed by atoms with Gasteiger partial charge in [-0.1, -0.05) is 29.3 Å². The fourth-order valence-corrected chi connectivity index (χ4v) is 2.39. The minimum Gasteiger partial charge on any atom is -0.453 e. The Bertz CT molecular complexity index is 498. The van der Waals surface area contributed by atoms with Gasteiger partial charge >= 0.3 is 0 Å². The summed E-state index contributed by atoms with van der Waals surface area (Å²) >= 11 is 3.29. The molecule has 1 heterocycles. The SMILES string of the molecule is Cc1cc(C)cc(CC(N)c2ccc(Br)o2)c1.